The number of anilines is 2. The van der Waals surface area contributed by atoms with Gasteiger partial charge < -0.3 is 0 Å². The number of carbonyl (C=O) groups excluding carboxylic acids is 2. The molecule has 0 spiro atoms. The molecule has 5 heteroatoms. The Kier molecular flexibility index (Phi) is 4.62. The Hall–Kier alpha value is -3.47. The van der Waals surface area contributed by atoms with Crippen molar-refractivity contribution >= 4 is 23.4 Å². The van der Waals surface area contributed by atoms with E-state index in [0.717, 1.165) is 4.90 Å². The minimum absolute atomic E-state index is 0.379. The first-order valence-corrected chi connectivity index (χ1v) is 7.42. The van der Waals surface area contributed by atoms with E-state index >= 15 is 0 Å². The van der Waals surface area contributed by atoms with Crippen LogP contribution in [0.3, 0.4) is 0 Å². The minimum Gasteiger partial charge on any atom is -0.292 e. The van der Waals surface area contributed by atoms with Gasteiger partial charge in [0.15, 0.2) is 0 Å². The van der Waals surface area contributed by atoms with Crippen LogP contribution >= 0.6 is 0 Å². The molecule has 1 N–H and O–H groups in total. The summed E-state index contributed by atoms with van der Waals surface area (Å²) in [6.07, 6.45) is 1.57. The molecule has 24 heavy (non-hydrogen) atoms. The standard InChI is InChI=1S/C19H15N3O2/c23-18(15-9-3-1-4-10-15)22(16-11-5-2-6-12-16)19(24)21-17-13-7-8-14-20-17/h1-14H,(H,20,21,24). The monoisotopic (exact) mass is 317 g/mol. The van der Waals surface area contributed by atoms with E-state index in [1.54, 1.807) is 72.9 Å². The van der Waals surface area contributed by atoms with Crippen LogP contribution in [0.2, 0.25) is 0 Å². The average Bonchev–Trinajstić information content (AvgIpc) is 2.64. The van der Waals surface area contributed by atoms with Gasteiger partial charge in [-0.1, -0.05) is 42.5 Å². The maximum absolute atomic E-state index is 12.8. The number of benzene rings is 2. The molecule has 3 rings (SSSR count). The number of pyridine rings is 1. The van der Waals surface area contributed by atoms with Gasteiger partial charge in [0.1, 0.15) is 5.82 Å². The zero-order valence-electron chi connectivity index (χ0n) is 12.8. The van der Waals surface area contributed by atoms with Crippen molar-refractivity contribution in [3.05, 3.63) is 90.6 Å². The highest BCUT2D eigenvalue weighted by Gasteiger charge is 2.24. The molecule has 2 aromatic carbocycles. The Balaban J connectivity index is 1.93. The van der Waals surface area contributed by atoms with Gasteiger partial charge in [-0.25, -0.2) is 14.7 Å². The number of rotatable bonds is 3. The van der Waals surface area contributed by atoms with Crippen molar-refractivity contribution in [1.29, 1.82) is 0 Å². The lowest BCUT2D eigenvalue weighted by Gasteiger charge is -2.21. The molecule has 1 aromatic heterocycles. The largest absolute Gasteiger partial charge is 0.334 e. The number of aromatic nitrogens is 1. The number of para-hydroxylation sites is 1. The number of nitrogens with one attached hydrogen (secondary N) is 1. The fraction of sp³-hybridized carbons (Fsp3) is 0. The van der Waals surface area contributed by atoms with Gasteiger partial charge in [-0.05, 0) is 36.4 Å². The van der Waals surface area contributed by atoms with Crippen LogP contribution in [0.15, 0.2) is 85.1 Å². The first-order valence-electron chi connectivity index (χ1n) is 7.42. The van der Waals surface area contributed by atoms with Crippen molar-refractivity contribution in [1.82, 2.24) is 4.98 Å². The van der Waals surface area contributed by atoms with E-state index < -0.39 is 11.9 Å². The van der Waals surface area contributed by atoms with Crippen LogP contribution in [0.1, 0.15) is 10.4 Å². The van der Waals surface area contributed by atoms with Crippen molar-refractivity contribution in [3.8, 4) is 0 Å². The van der Waals surface area contributed by atoms with Gasteiger partial charge in [0.2, 0.25) is 0 Å². The Labute approximate surface area is 139 Å². The topological polar surface area (TPSA) is 62.3 Å². The highest BCUT2D eigenvalue weighted by molar-refractivity contribution is 6.23. The molecule has 0 bridgehead atoms. The van der Waals surface area contributed by atoms with Crippen LogP contribution in [-0.2, 0) is 0 Å². The van der Waals surface area contributed by atoms with E-state index in [0.29, 0.717) is 17.1 Å². The summed E-state index contributed by atoms with van der Waals surface area (Å²) >= 11 is 0. The lowest BCUT2D eigenvalue weighted by Crippen LogP contribution is -2.40. The van der Waals surface area contributed by atoms with Gasteiger partial charge in [-0.15, -0.1) is 0 Å². The lowest BCUT2D eigenvalue weighted by molar-refractivity contribution is 0.0996. The molecule has 5 nitrogen and oxygen atoms in total. The second-order valence-corrected chi connectivity index (χ2v) is 4.99. The molecular formula is C19H15N3O2. The number of hydrogen-bond donors (Lipinski definition) is 1. The molecule has 0 saturated carbocycles. The maximum Gasteiger partial charge on any atom is 0.334 e. The van der Waals surface area contributed by atoms with Gasteiger partial charge >= 0.3 is 6.03 Å². The maximum atomic E-state index is 12.8. The molecule has 0 radical (unpaired) electrons. The zero-order chi connectivity index (χ0) is 16.8. The Bertz CT molecular complexity index is 821. The third-order valence-corrected chi connectivity index (χ3v) is 3.34. The molecule has 0 aliphatic rings. The van der Waals surface area contributed by atoms with Crippen molar-refractivity contribution < 1.29 is 9.59 Å². The number of amides is 3. The van der Waals surface area contributed by atoms with Crippen molar-refractivity contribution in [2.45, 2.75) is 0 Å². The Morgan fingerprint density at radius 1 is 0.792 bits per heavy atom. The van der Waals surface area contributed by atoms with E-state index in [4.69, 9.17) is 0 Å². The molecule has 0 aliphatic carbocycles. The molecule has 3 aromatic rings. The van der Waals surface area contributed by atoms with E-state index in [1.807, 2.05) is 12.1 Å². The summed E-state index contributed by atoms with van der Waals surface area (Å²) in [6, 6.07) is 22.1. The van der Waals surface area contributed by atoms with E-state index in [9.17, 15) is 9.59 Å². The summed E-state index contributed by atoms with van der Waals surface area (Å²) in [5.74, 6) is -0.0282. The van der Waals surface area contributed by atoms with Gasteiger partial charge in [0.25, 0.3) is 5.91 Å². The van der Waals surface area contributed by atoms with Crippen LogP contribution in [0.25, 0.3) is 0 Å². The van der Waals surface area contributed by atoms with Crippen LogP contribution < -0.4 is 10.2 Å². The molecule has 1 heterocycles. The average molecular weight is 317 g/mol. The molecule has 3 amide bonds. The third kappa shape index (κ3) is 3.47. The van der Waals surface area contributed by atoms with Crippen molar-refractivity contribution in [2.24, 2.45) is 0 Å². The molecule has 0 unspecified atom stereocenters. The minimum atomic E-state index is -0.561. The van der Waals surface area contributed by atoms with Crippen LogP contribution in [0.4, 0.5) is 16.3 Å². The molecule has 0 atom stereocenters. The SMILES string of the molecule is O=C(Nc1ccccn1)N(C(=O)c1ccccc1)c1ccccc1. The Morgan fingerprint density at radius 2 is 1.42 bits per heavy atom. The number of nitrogens with zero attached hydrogens (tertiary/aromatic N) is 2. The number of carbonyl (C=O) groups is 2. The quantitative estimate of drug-likeness (QED) is 0.795. The number of imide groups is 1. The highest BCUT2D eigenvalue weighted by atomic mass is 16.2. The lowest BCUT2D eigenvalue weighted by atomic mass is 10.2. The third-order valence-electron chi connectivity index (χ3n) is 3.34. The normalized spacial score (nSPS) is 10.0. The molecule has 0 aliphatic heterocycles. The first-order chi connectivity index (χ1) is 11.8. The predicted octanol–water partition coefficient (Wildman–Crippen LogP) is 3.96. The van der Waals surface area contributed by atoms with E-state index in [2.05, 4.69) is 10.3 Å². The fourth-order valence-electron chi connectivity index (χ4n) is 2.22. The van der Waals surface area contributed by atoms with Crippen molar-refractivity contribution in [3.63, 3.8) is 0 Å². The van der Waals surface area contributed by atoms with Crippen LogP contribution in [0, 0.1) is 0 Å². The summed E-state index contributed by atoms with van der Waals surface area (Å²) in [6.45, 7) is 0. The van der Waals surface area contributed by atoms with Gasteiger partial charge in [0.05, 0.1) is 5.69 Å². The smallest absolute Gasteiger partial charge is 0.292 e. The summed E-state index contributed by atoms with van der Waals surface area (Å²) in [7, 11) is 0. The Morgan fingerprint density at radius 3 is 2.04 bits per heavy atom. The molecule has 118 valence electrons. The van der Waals surface area contributed by atoms with E-state index in [1.165, 1.54) is 0 Å². The van der Waals surface area contributed by atoms with Crippen molar-refractivity contribution in [2.75, 3.05) is 10.2 Å². The fourth-order valence-corrected chi connectivity index (χ4v) is 2.22. The highest BCUT2D eigenvalue weighted by Crippen LogP contribution is 2.18. The van der Waals surface area contributed by atoms with Gasteiger partial charge in [-0.3, -0.25) is 10.1 Å². The second kappa shape index (κ2) is 7.19. The summed E-state index contributed by atoms with van der Waals surface area (Å²) in [5.41, 5.74) is 0.914. The molecule has 0 fully saturated rings. The summed E-state index contributed by atoms with van der Waals surface area (Å²) < 4.78 is 0. The molecular weight excluding hydrogens is 302 g/mol. The second-order valence-electron chi connectivity index (χ2n) is 4.99. The predicted molar refractivity (Wildman–Crippen MR) is 92.9 cm³/mol. The van der Waals surface area contributed by atoms with Gasteiger partial charge in [-0.2, -0.15) is 0 Å². The number of urea groups is 1. The van der Waals surface area contributed by atoms with Crippen LogP contribution in [0.5, 0.6) is 0 Å². The van der Waals surface area contributed by atoms with Crippen LogP contribution in [-0.4, -0.2) is 16.9 Å². The zero-order valence-corrected chi connectivity index (χ0v) is 12.8. The molecule has 0 saturated heterocycles. The van der Waals surface area contributed by atoms with E-state index in [-0.39, 0.29) is 0 Å². The summed E-state index contributed by atoms with van der Waals surface area (Å²) in [5, 5.41) is 2.65. The number of hydrogen-bond acceptors (Lipinski definition) is 3. The summed E-state index contributed by atoms with van der Waals surface area (Å²) in [4.78, 5) is 30.7. The van der Waals surface area contributed by atoms with Gasteiger partial charge in [0, 0.05) is 11.8 Å². The first kappa shape index (κ1) is 15.4.